The Labute approximate surface area is 78.4 Å². The predicted octanol–water partition coefficient (Wildman–Crippen LogP) is 1.52. The van der Waals surface area contributed by atoms with Crippen LogP contribution in [0.1, 0.15) is 0 Å². The van der Waals surface area contributed by atoms with Crippen molar-refractivity contribution < 1.29 is 0 Å². The van der Waals surface area contributed by atoms with E-state index in [0.717, 1.165) is 9.34 Å². The summed E-state index contributed by atoms with van der Waals surface area (Å²) in [5.41, 5.74) is 5.27. The molecule has 0 aliphatic heterocycles. The molecule has 0 amide bonds. The van der Waals surface area contributed by atoms with E-state index in [1.165, 1.54) is 11.3 Å². The van der Waals surface area contributed by atoms with Crippen LogP contribution in [0.4, 0.5) is 5.00 Å². The number of thiazole rings is 1. The summed E-state index contributed by atoms with van der Waals surface area (Å²) in [7, 11) is 0. The smallest absolute Gasteiger partial charge is 0.168 e. The van der Waals surface area contributed by atoms with Crippen LogP contribution >= 0.6 is 35.3 Å². The average Bonchev–Trinajstić information content (AvgIpc) is 2.34. The number of thioether (sulfide) groups is 1. The van der Waals surface area contributed by atoms with Crippen LogP contribution in [0.5, 0.6) is 0 Å². The molecule has 1 aromatic heterocycles. The Morgan fingerprint density at radius 1 is 1.91 bits per heavy atom. The first-order valence-corrected chi connectivity index (χ1v) is 5.23. The van der Waals surface area contributed by atoms with Crippen LogP contribution in [-0.2, 0) is 0 Å². The third-order valence-electron chi connectivity index (χ3n) is 0.906. The van der Waals surface area contributed by atoms with E-state index in [1.54, 1.807) is 18.0 Å². The third kappa shape index (κ3) is 2.64. The zero-order valence-electron chi connectivity index (χ0n) is 5.83. The van der Waals surface area contributed by atoms with Gasteiger partial charge in [0.1, 0.15) is 5.00 Å². The molecule has 3 nitrogen and oxygen atoms in total. The summed E-state index contributed by atoms with van der Waals surface area (Å²) in [5, 5.41) is 3.98. The second kappa shape index (κ2) is 3.89. The van der Waals surface area contributed by atoms with Gasteiger partial charge in [0.05, 0.1) is 6.20 Å². The number of nitrogens with zero attached hydrogens (tertiary/aromatic N) is 1. The largest absolute Gasteiger partial charge is 0.376 e. The van der Waals surface area contributed by atoms with E-state index in [2.05, 4.69) is 22.5 Å². The minimum Gasteiger partial charge on any atom is -0.376 e. The van der Waals surface area contributed by atoms with Crippen LogP contribution in [0.25, 0.3) is 0 Å². The molecule has 3 N–H and O–H groups in total. The Morgan fingerprint density at radius 3 is 3.09 bits per heavy atom. The summed E-state index contributed by atoms with van der Waals surface area (Å²) >= 11 is 7.80. The fraction of sp³-hybridized carbons (Fsp3) is 0.200. The zero-order chi connectivity index (χ0) is 8.27. The Morgan fingerprint density at radius 2 is 2.64 bits per heavy atom. The fourth-order valence-electron chi connectivity index (χ4n) is 0.532. The Kier molecular flexibility index (Phi) is 3.10. The maximum Gasteiger partial charge on any atom is 0.168 e. The molecule has 1 rings (SSSR count). The van der Waals surface area contributed by atoms with Gasteiger partial charge in [-0.2, -0.15) is 0 Å². The Bertz CT molecular complexity index is 257. The molecule has 11 heavy (non-hydrogen) atoms. The lowest BCUT2D eigenvalue weighted by Crippen LogP contribution is -2.17. The molecule has 0 aromatic carbocycles. The minimum absolute atomic E-state index is 0.279. The third-order valence-corrected chi connectivity index (χ3v) is 2.92. The van der Waals surface area contributed by atoms with E-state index in [-0.39, 0.29) is 5.11 Å². The molecule has 0 unspecified atom stereocenters. The Hall–Kier alpha value is -0.330. The van der Waals surface area contributed by atoms with Gasteiger partial charge in [-0.25, -0.2) is 4.98 Å². The summed E-state index contributed by atoms with van der Waals surface area (Å²) in [6.07, 6.45) is 3.69. The average molecular weight is 205 g/mol. The van der Waals surface area contributed by atoms with Gasteiger partial charge in [-0.15, -0.1) is 0 Å². The second-order valence-electron chi connectivity index (χ2n) is 1.68. The summed E-state index contributed by atoms with van der Waals surface area (Å²) in [6, 6.07) is 0. The highest BCUT2D eigenvalue weighted by Gasteiger charge is 1.99. The number of hydrogen-bond acceptors (Lipinski definition) is 4. The van der Waals surface area contributed by atoms with Gasteiger partial charge in [0.25, 0.3) is 0 Å². The molecule has 0 radical (unpaired) electrons. The van der Waals surface area contributed by atoms with E-state index in [0.29, 0.717) is 0 Å². The lowest BCUT2D eigenvalue weighted by molar-refractivity contribution is 1.26. The van der Waals surface area contributed by atoms with Crippen molar-refractivity contribution in [2.24, 2.45) is 5.73 Å². The number of anilines is 1. The van der Waals surface area contributed by atoms with Gasteiger partial charge >= 0.3 is 0 Å². The van der Waals surface area contributed by atoms with E-state index < -0.39 is 0 Å². The van der Waals surface area contributed by atoms with Gasteiger partial charge < -0.3 is 11.1 Å². The van der Waals surface area contributed by atoms with Gasteiger partial charge in [-0.1, -0.05) is 23.1 Å². The summed E-state index contributed by atoms with van der Waals surface area (Å²) in [6.45, 7) is 0. The van der Waals surface area contributed by atoms with Crippen molar-refractivity contribution >= 4 is 45.4 Å². The van der Waals surface area contributed by atoms with Crippen LogP contribution in [0.3, 0.4) is 0 Å². The SMILES string of the molecule is CSc1ncc(NC(N)=S)s1. The van der Waals surface area contributed by atoms with Crippen LogP contribution in [0, 0.1) is 0 Å². The van der Waals surface area contributed by atoms with Crippen molar-refractivity contribution in [1.82, 2.24) is 4.98 Å². The molecule has 60 valence electrons. The lowest BCUT2D eigenvalue weighted by Gasteiger charge is -1.95. The van der Waals surface area contributed by atoms with Gasteiger partial charge in [-0.05, 0) is 18.5 Å². The quantitative estimate of drug-likeness (QED) is 0.566. The highest BCUT2D eigenvalue weighted by Crippen LogP contribution is 2.25. The number of aromatic nitrogens is 1. The second-order valence-corrected chi connectivity index (χ2v) is 4.21. The molecule has 0 aliphatic rings. The highest BCUT2D eigenvalue weighted by molar-refractivity contribution is 8.00. The van der Waals surface area contributed by atoms with Gasteiger partial charge in [-0.3, -0.25) is 0 Å². The molecular weight excluding hydrogens is 198 g/mol. The first-order chi connectivity index (χ1) is 5.22. The maximum atomic E-state index is 5.27. The van der Waals surface area contributed by atoms with Gasteiger partial charge in [0.2, 0.25) is 0 Å². The van der Waals surface area contributed by atoms with Crippen molar-refractivity contribution in [3.05, 3.63) is 6.20 Å². The number of rotatable bonds is 2. The van der Waals surface area contributed by atoms with Crippen molar-refractivity contribution in [2.45, 2.75) is 4.34 Å². The molecular formula is C5H7N3S3. The summed E-state index contributed by atoms with van der Waals surface area (Å²) in [5.74, 6) is 0. The molecule has 6 heteroatoms. The van der Waals surface area contributed by atoms with Gasteiger partial charge in [0.15, 0.2) is 9.45 Å². The normalized spacial score (nSPS) is 9.55. The first-order valence-electron chi connectivity index (χ1n) is 2.78. The van der Waals surface area contributed by atoms with E-state index >= 15 is 0 Å². The van der Waals surface area contributed by atoms with Gasteiger partial charge in [0, 0.05) is 0 Å². The predicted molar refractivity (Wildman–Crippen MR) is 54.3 cm³/mol. The summed E-state index contributed by atoms with van der Waals surface area (Å²) < 4.78 is 1.00. The van der Waals surface area contributed by atoms with Crippen LogP contribution in [0.2, 0.25) is 0 Å². The van der Waals surface area contributed by atoms with Crippen molar-refractivity contribution in [2.75, 3.05) is 11.6 Å². The number of thiocarbonyl (C=S) groups is 1. The Balaban J connectivity index is 2.65. The van der Waals surface area contributed by atoms with Crippen LogP contribution in [-0.4, -0.2) is 16.4 Å². The van der Waals surface area contributed by atoms with Crippen molar-refractivity contribution in [1.29, 1.82) is 0 Å². The number of nitrogens with one attached hydrogen (secondary N) is 1. The van der Waals surface area contributed by atoms with Crippen LogP contribution < -0.4 is 11.1 Å². The summed E-state index contributed by atoms with van der Waals surface area (Å²) in [4.78, 5) is 4.09. The van der Waals surface area contributed by atoms with Crippen molar-refractivity contribution in [3.63, 3.8) is 0 Å². The van der Waals surface area contributed by atoms with Crippen LogP contribution in [0.15, 0.2) is 10.5 Å². The highest BCUT2D eigenvalue weighted by atomic mass is 32.2. The minimum atomic E-state index is 0.279. The van der Waals surface area contributed by atoms with Crippen molar-refractivity contribution in [3.8, 4) is 0 Å². The first kappa shape index (κ1) is 8.76. The molecule has 0 fully saturated rings. The molecule has 0 spiro atoms. The number of nitrogens with two attached hydrogens (primary N) is 1. The molecule has 1 aromatic rings. The number of hydrogen-bond donors (Lipinski definition) is 2. The monoisotopic (exact) mass is 205 g/mol. The molecule has 0 atom stereocenters. The molecule has 0 saturated carbocycles. The van der Waals surface area contributed by atoms with E-state index in [4.69, 9.17) is 5.73 Å². The van der Waals surface area contributed by atoms with E-state index in [1.807, 2.05) is 6.26 Å². The fourth-order valence-corrected chi connectivity index (χ4v) is 2.03. The maximum absolute atomic E-state index is 5.27. The topological polar surface area (TPSA) is 50.9 Å². The standard InChI is InChI=1S/C5H7N3S3/c1-10-5-7-2-3(11-5)8-4(6)9/h2H,1H3,(H3,6,8,9). The molecule has 1 heterocycles. The molecule has 0 bridgehead atoms. The lowest BCUT2D eigenvalue weighted by atomic mass is 10.8. The van der Waals surface area contributed by atoms with E-state index in [9.17, 15) is 0 Å². The zero-order valence-corrected chi connectivity index (χ0v) is 8.28. The molecule has 0 saturated heterocycles. The molecule has 0 aliphatic carbocycles.